The van der Waals surface area contributed by atoms with E-state index in [0.29, 0.717) is 0 Å². The number of carbonyl (C=O) groups is 3. The molecule has 0 heterocycles. The van der Waals surface area contributed by atoms with E-state index in [-0.39, 0.29) is 6.42 Å². The number of hydrogen-bond donors (Lipinski definition) is 3. The first-order chi connectivity index (χ1) is 9.40. The number of nitrogens with two attached hydrogens (primary N) is 1. The van der Waals surface area contributed by atoms with Crippen molar-refractivity contribution >= 4 is 18.0 Å². The zero-order valence-corrected chi connectivity index (χ0v) is 10.9. The first kappa shape index (κ1) is 15.6. The van der Waals surface area contributed by atoms with Crippen LogP contribution < -0.4 is 16.4 Å². The SMILES string of the molecule is CC(NC(=O)C(Cc1ccccc1)NC(=O)F)C(N)=O. The molecule has 1 rings (SSSR count). The van der Waals surface area contributed by atoms with Crippen molar-refractivity contribution in [2.75, 3.05) is 0 Å². The molecule has 1 aromatic carbocycles. The smallest absolute Gasteiger partial charge is 0.368 e. The second-order valence-corrected chi connectivity index (χ2v) is 4.29. The molecule has 0 aliphatic rings. The van der Waals surface area contributed by atoms with Gasteiger partial charge in [-0.2, -0.15) is 0 Å². The molecule has 6 nitrogen and oxygen atoms in total. The van der Waals surface area contributed by atoms with Gasteiger partial charge in [-0.3, -0.25) is 9.59 Å². The number of hydrogen-bond acceptors (Lipinski definition) is 3. The third kappa shape index (κ3) is 5.05. The highest BCUT2D eigenvalue weighted by atomic mass is 19.1. The normalized spacial score (nSPS) is 13.1. The molecule has 20 heavy (non-hydrogen) atoms. The van der Waals surface area contributed by atoms with Crippen LogP contribution >= 0.6 is 0 Å². The van der Waals surface area contributed by atoms with Gasteiger partial charge in [0.1, 0.15) is 12.1 Å². The molecule has 0 radical (unpaired) electrons. The van der Waals surface area contributed by atoms with Crippen LogP contribution in [0, 0.1) is 0 Å². The Labute approximate surface area is 115 Å². The minimum Gasteiger partial charge on any atom is -0.368 e. The van der Waals surface area contributed by atoms with Gasteiger partial charge in [0.05, 0.1) is 0 Å². The summed E-state index contributed by atoms with van der Waals surface area (Å²) in [5.74, 6) is -1.39. The number of benzene rings is 1. The topological polar surface area (TPSA) is 101 Å². The summed E-state index contributed by atoms with van der Waals surface area (Å²) in [5.41, 5.74) is 5.77. The zero-order valence-electron chi connectivity index (χ0n) is 10.9. The van der Waals surface area contributed by atoms with E-state index >= 15 is 0 Å². The van der Waals surface area contributed by atoms with Gasteiger partial charge in [-0.15, -0.1) is 4.39 Å². The first-order valence-corrected chi connectivity index (χ1v) is 5.99. The Morgan fingerprint density at radius 3 is 2.30 bits per heavy atom. The third-order valence-electron chi connectivity index (χ3n) is 2.67. The van der Waals surface area contributed by atoms with E-state index in [4.69, 9.17) is 5.73 Å². The molecular formula is C13H16FN3O3. The monoisotopic (exact) mass is 281 g/mol. The van der Waals surface area contributed by atoms with Gasteiger partial charge in [0.25, 0.3) is 0 Å². The van der Waals surface area contributed by atoms with Gasteiger partial charge in [-0.25, -0.2) is 4.79 Å². The van der Waals surface area contributed by atoms with Crippen molar-refractivity contribution in [1.82, 2.24) is 10.6 Å². The van der Waals surface area contributed by atoms with Crippen molar-refractivity contribution in [2.24, 2.45) is 5.73 Å². The lowest BCUT2D eigenvalue weighted by Crippen LogP contribution is -2.52. The van der Waals surface area contributed by atoms with Gasteiger partial charge in [-0.1, -0.05) is 30.3 Å². The fourth-order valence-electron chi connectivity index (χ4n) is 1.58. The maximum atomic E-state index is 12.5. The van der Waals surface area contributed by atoms with Crippen molar-refractivity contribution in [3.8, 4) is 0 Å². The van der Waals surface area contributed by atoms with Gasteiger partial charge in [-0.05, 0) is 12.5 Å². The maximum Gasteiger partial charge on any atom is 0.398 e. The molecule has 0 spiro atoms. The maximum absolute atomic E-state index is 12.5. The minimum absolute atomic E-state index is 0.105. The van der Waals surface area contributed by atoms with E-state index in [1.165, 1.54) is 6.92 Å². The standard InChI is InChI=1S/C13H16FN3O3/c1-8(11(15)18)16-12(19)10(17-13(14)20)7-9-5-3-2-4-6-9/h2-6,8,10H,7H2,1H3,(H2,15,18)(H,16,19)(H,17,20). The van der Waals surface area contributed by atoms with Gasteiger partial charge in [0.15, 0.2) is 0 Å². The number of nitrogens with one attached hydrogen (secondary N) is 2. The molecule has 0 bridgehead atoms. The molecule has 0 saturated heterocycles. The number of amides is 3. The summed E-state index contributed by atoms with van der Waals surface area (Å²) >= 11 is 0. The number of primary amides is 1. The predicted molar refractivity (Wildman–Crippen MR) is 70.4 cm³/mol. The van der Waals surface area contributed by atoms with Crippen LogP contribution in [0.3, 0.4) is 0 Å². The average molecular weight is 281 g/mol. The first-order valence-electron chi connectivity index (χ1n) is 5.99. The third-order valence-corrected chi connectivity index (χ3v) is 2.67. The molecular weight excluding hydrogens is 265 g/mol. The highest BCUT2D eigenvalue weighted by Crippen LogP contribution is 2.04. The van der Waals surface area contributed by atoms with Crippen molar-refractivity contribution in [3.05, 3.63) is 35.9 Å². The Morgan fingerprint density at radius 1 is 1.20 bits per heavy atom. The molecule has 3 amide bonds. The molecule has 0 aromatic heterocycles. The second kappa shape index (κ2) is 7.22. The van der Waals surface area contributed by atoms with Gasteiger partial charge in [0.2, 0.25) is 11.8 Å². The van der Waals surface area contributed by atoms with E-state index in [9.17, 15) is 18.8 Å². The van der Waals surface area contributed by atoms with E-state index in [0.717, 1.165) is 5.56 Å². The van der Waals surface area contributed by atoms with Crippen LogP contribution in [0.15, 0.2) is 30.3 Å². The Balaban J connectivity index is 2.75. The molecule has 0 saturated carbocycles. The summed E-state index contributed by atoms with van der Waals surface area (Å²) in [6.45, 7) is 1.40. The largest absolute Gasteiger partial charge is 0.398 e. The summed E-state index contributed by atoms with van der Waals surface area (Å²) < 4.78 is 12.5. The van der Waals surface area contributed by atoms with Crippen LogP contribution in [-0.4, -0.2) is 30.1 Å². The van der Waals surface area contributed by atoms with Crippen LogP contribution in [0.2, 0.25) is 0 Å². The zero-order chi connectivity index (χ0) is 15.1. The van der Waals surface area contributed by atoms with Gasteiger partial charge in [0, 0.05) is 6.42 Å². The second-order valence-electron chi connectivity index (χ2n) is 4.29. The summed E-state index contributed by atoms with van der Waals surface area (Å²) in [6, 6.07) is 6.77. The lowest BCUT2D eigenvalue weighted by molar-refractivity contribution is -0.128. The Bertz CT molecular complexity index is 493. The Kier molecular flexibility index (Phi) is 5.64. The Hall–Kier alpha value is -2.44. The van der Waals surface area contributed by atoms with Gasteiger partial charge < -0.3 is 16.4 Å². The van der Waals surface area contributed by atoms with E-state index < -0.39 is 30.1 Å². The van der Waals surface area contributed by atoms with Crippen molar-refractivity contribution in [2.45, 2.75) is 25.4 Å². The quantitative estimate of drug-likeness (QED) is 0.515. The van der Waals surface area contributed by atoms with Gasteiger partial charge >= 0.3 is 6.16 Å². The highest BCUT2D eigenvalue weighted by Gasteiger charge is 2.23. The fraction of sp³-hybridized carbons (Fsp3) is 0.308. The van der Waals surface area contributed by atoms with E-state index in [2.05, 4.69) is 5.32 Å². The number of halogens is 1. The molecule has 0 fully saturated rings. The summed E-state index contributed by atoms with van der Waals surface area (Å²) in [4.78, 5) is 33.3. The molecule has 1 aromatic rings. The van der Waals surface area contributed by atoms with Crippen molar-refractivity contribution < 1.29 is 18.8 Å². The molecule has 4 N–H and O–H groups in total. The number of carbonyl (C=O) groups excluding carboxylic acids is 3. The predicted octanol–water partition coefficient (Wildman–Crippen LogP) is 0.267. The van der Waals surface area contributed by atoms with Crippen LogP contribution in [0.1, 0.15) is 12.5 Å². The molecule has 2 atom stereocenters. The summed E-state index contributed by atoms with van der Waals surface area (Å²) in [7, 11) is 0. The molecule has 2 unspecified atom stereocenters. The lowest BCUT2D eigenvalue weighted by Gasteiger charge is -2.18. The summed E-state index contributed by atoms with van der Waals surface area (Å²) in [6.07, 6.45) is -1.71. The lowest BCUT2D eigenvalue weighted by atomic mass is 10.1. The highest BCUT2D eigenvalue weighted by molar-refractivity contribution is 5.90. The van der Waals surface area contributed by atoms with Crippen LogP contribution in [0.4, 0.5) is 9.18 Å². The Morgan fingerprint density at radius 2 is 1.80 bits per heavy atom. The molecule has 0 aliphatic heterocycles. The van der Waals surface area contributed by atoms with E-state index in [1.807, 2.05) is 5.32 Å². The summed E-state index contributed by atoms with van der Waals surface area (Å²) in [5, 5.41) is 4.21. The average Bonchev–Trinajstić information content (AvgIpc) is 2.38. The van der Waals surface area contributed by atoms with E-state index in [1.54, 1.807) is 30.3 Å². The minimum atomic E-state index is -1.81. The van der Waals surface area contributed by atoms with Crippen LogP contribution in [0.5, 0.6) is 0 Å². The van der Waals surface area contributed by atoms with Crippen molar-refractivity contribution in [3.63, 3.8) is 0 Å². The molecule has 7 heteroatoms. The van der Waals surface area contributed by atoms with Crippen LogP contribution in [-0.2, 0) is 16.0 Å². The molecule has 108 valence electrons. The fourth-order valence-corrected chi connectivity index (χ4v) is 1.58. The number of rotatable bonds is 6. The molecule has 0 aliphatic carbocycles. The van der Waals surface area contributed by atoms with Crippen LogP contribution in [0.25, 0.3) is 0 Å². The van der Waals surface area contributed by atoms with Crippen molar-refractivity contribution in [1.29, 1.82) is 0 Å².